The van der Waals surface area contributed by atoms with Crippen molar-refractivity contribution in [3.63, 3.8) is 0 Å². The number of benzene rings is 1. The Morgan fingerprint density at radius 3 is 2.72 bits per heavy atom. The molecule has 0 aliphatic carbocycles. The van der Waals surface area contributed by atoms with Gasteiger partial charge >= 0.3 is 0 Å². The molecule has 0 fully saturated rings. The molecule has 2 rings (SSSR count). The Balaban J connectivity index is 1.91. The van der Waals surface area contributed by atoms with E-state index in [1.165, 1.54) is 5.56 Å². The van der Waals surface area contributed by atoms with Crippen LogP contribution in [0.15, 0.2) is 42.7 Å². The molecule has 0 bridgehead atoms. The lowest BCUT2D eigenvalue weighted by Gasteiger charge is -2.06. The van der Waals surface area contributed by atoms with Crippen molar-refractivity contribution in [1.82, 2.24) is 9.78 Å². The number of aryl methyl sites for hydroxylation is 1. The van der Waals surface area contributed by atoms with Gasteiger partial charge in [0.2, 0.25) is 0 Å². The third-order valence-electron chi connectivity index (χ3n) is 3.14. The molecule has 0 aliphatic rings. The molecular formula is C15H20N2O. The van der Waals surface area contributed by atoms with Crippen molar-refractivity contribution in [2.75, 3.05) is 0 Å². The van der Waals surface area contributed by atoms with Crippen LogP contribution in [0.4, 0.5) is 0 Å². The molecule has 18 heavy (non-hydrogen) atoms. The molecule has 0 saturated carbocycles. The minimum atomic E-state index is -0.172. The van der Waals surface area contributed by atoms with Crippen LogP contribution >= 0.6 is 0 Å². The molecule has 3 nitrogen and oxygen atoms in total. The van der Waals surface area contributed by atoms with Crippen molar-refractivity contribution in [2.45, 2.75) is 38.8 Å². The minimum Gasteiger partial charge on any atom is -0.393 e. The summed E-state index contributed by atoms with van der Waals surface area (Å²) < 4.78 is 1.95. The van der Waals surface area contributed by atoms with Crippen LogP contribution in [0.1, 0.15) is 26.2 Å². The predicted molar refractivity (Wildman–Crippen MR) is 73.2 cm³/mol. The van der Waals surface area contributed by atoms with Gasteiger partial charge in [0.25, 0.3) is 0 Å². The summed E-state index contributed by atoms with van der Waals surface area (Å²) in [4.78, 5) is 0. The summed E-state index contributed by atoms with van der Waals surface area (Å²) in [6.45, 7) is 2.87. The molecule has 3 heteroatoms. The monoisotopic (exact) mass is 244 g/mol. The first-order valence-electron chi connectivity index (χ1n) is 6.55. The standard InChI is InChI=1S/C15H20N2O/c1-2-15(18)9-6-10-17-12-14(11-16-17)13-7-4-3-5-8-13/h3-5,7-8,11-12,15,18H,2,6,9-10H2,1H3. The van der Waals surface area contributed by atoms with Crippen LogP contribution in [0, 0.1) is 0 Å². The Kier molecular flexibility index (Phi) is 4.53. The molecule has 1 unspecified atom stereocenters. The second-order valence-corrected chi connectivity index (χ2v) is 4.56. The average Bonchev–Trinajstić information content (AvgIpc) is 2.88. The van der Waals surface area contributed by atoms with Crippen molar-refractivity contribution >= 4 is 0 Å². The molecule has 0 amide bonds. The van der Waals surface area contributed by atoms with Crippen molar-refractivity contribution in [3.8, 4) is 11.1 Å². The lowest BCUT2D eigenvalue weighted by atomic mass is 10.1. The predicted octanol–water partition coefficient (Wildman–Crippen LogP) is 3.10. The molecule has 1 atom stereocenters. The second kappa shape index (κ2) is 6.36. The van der Waals surface area contributed by atoms with Gasteiger partial charge in [0, 0.05) is 18.3 Å². The van der Waals surface area contributed by atoms with E-state index in [1.807, 2.05) is 36.0 Å². The normalized spacial score (nSPS) is 12.6. The van der Waals surface area contributed by atoms with Gasteiger partial charge in [0.05, 0.1) is 12.3 Å². The summed E-state index contributed by atoms with van der Waals surface area (Å²) >= 11 is 0. The first-order valence-corrected chi connectivity index (χ1v) is 6.55. The third kappa shape index (κ3) is 3.44. The van der Waals surface area contributed by atoms with Gasteiger partial charge < -0.3 is 5.11 Å². The van der Waals surface area contributed by atoms with Gasteiger partial charge in [0.1, 0.15) is 0 Å². The highest BCUT2D eigenvalue weighted by Gasteiger charge is 2.03. The van der Waals surface area contributed by atoms with Crippen molar-refractivity contribution < 1.29 is 5.11 Å². The Bertz CT molecular complexity index is 464. The first-order chi connectivity index (χ1) is 8.79. The summed E-state index contributed by atoms with van der Waals surface area (Å²) in [5.74, 6) is 0. The molecule has 0 aliphatic heterocycles. The maximum atomic E-state index is 9.49. The Hall–Kier alpha value is -1.61. The van der Waals surface area contributed by atoms with Gasteiger partial charge in [-0.2, -0.15) is 5.10 Å². The molecule has 1 heterocycles. The maximum absolute atomic E-state index is 9.49. The van der Waals surface area contributed by atoms with Crippen LogP contribution in [0.3, 0.4) is 0 Å². The van der Waals surface area contributed by atoms with Gasteiger partial charge in [0.15, 0.2) is 0 Å². The number of nitrogens with zero attached hydrogens (tertiary/aromatic N) is 2. The first kappa shape index (κ1) is 12.8. The summed E-state index contributed by atoms with van der Waals surface area (Å²) in [7, 11) is 0. The molecule has 1 aromatic heterocycles. The summed E-state index contributed by atoms with van der Waals surface area (Å²) in [5.41, 5.74) is 2.34. The van der Waals surface area contributed by atoms with Crippen molar-refractivity contribution in [3.05, 3.63) is 42.7 Å². The molecule has 1 aromatic carbocycles. The largest absolute Gasteiger partial charge is 0.393 e. The zero-order chi connectivity index (χ0) is 12.8. The van der Waals surface area contributed by atoms with Gasteiger partial charge in [-0.05, 0) is 24.8 Å². The highest BCUT2D eigenvalue weighted by molar-refractivity contribution is 5.61. The Morgan fingerprint density at radius 2 is 2.00 bits per heavy atom. The van der Waals surface area contributed by atoms with E-state index in [4.69, 9.17) is 0 Å². The van der Waals surface area contributed by atoms with E-state index in [0.717, 1.165) is 31.4 Å². The van der Waals surface area contributed by atoms with E-state index in [0.29, 0.717) is 0 Å². The van der Waals surface area contributed by atoms with E-state index in [-0.39, 0.29) is 6.10 Å². The average molecular weight is 244 g/mol. The van der Waals surface area contributed by atoms with Crippen LogP contribution < -0.4 is 0 Å². The quantitative estimate of drug-likeness (QED) is 0.848. The number of hydrogen-bond donors (Lipinski definition) is 1. The Morgan fingerprint density at radius 1 is 1.22 bits per heavy atom. The van der Waals surface area contributed by atoms with Crippen LogP contribution in [0.25, 0.3) is 11.1 Å². The summed E-state index contributed by atoms with van der Waals surface area (Å²) in [6, 6.07) is 10.2. The van der Waals surface area contributed by atoms with Gasteiger partial charge in [-0.15, -0.1) is 0 Å². The molecule has 0 radical (unpaired) electrons. The molecule has 0 spiro atoms. The van der Waals surface area contributed by atoms with Crippen LogP contribution in [0.5, 0.6) is 0 Å². The fourth-order valence-electron chi connectivity index (χ4n) is 1.96. The van der Waals surface area contributed by atoms with Crippen molar-refractivity contribution in [1.29, 1.82) is 0 Å². The highest BCUT2D eigenvalue weighted by atomic mass is 16.3. The fraction of sp³-hybridized carbons (Fsp3) is 0.400. The van der Waals surface area contributed by atoms with Gasteiger partial charge in [-0.3, -0.25) is 4.68 Å². The molecule has 1 N–H and O–H groups in total. The molecule has 96 valence electrons. The van der Waals surface area contributed by atoms with E-state index in [2.05, 4.69) is 23.4 Å². The van der Waals surface area contributed by atoms with Gasteiger partial charge in [-0.25, -0.2) is 0 Å². The minimum absolute atomic E-state index is 0.172. The van der Waals surface area contributed by atoms with E-state index in [9.17, 15) is 5.11 Å². The number of hydrogen-bond acceptors (Lipinski definition) is 2. The molecular weight excluding hydrogens is 224 g/mol. The highest BCUT2D eigenvalue weighted by Crippen LogP contribution is 2.17. The summed E-state index contributed by atoms with van der Waals surface area (Å²) in [5, 5.41) is 13.8. The SMILES string of the molecule is CCC(O)CCCn1cc(-c2ccccc2)cn1. The van der Waals surface area contributed by atoms with Crippen LogP contribution in [-0.2, 0) is 6.54 Å². The Labute approximate surface area is 108 Å². The lowest BCUT2D eigenvalue weighted by Crippen LogP contribution is -2.07. The fourth-order valence-corrected chi connectivity index (χ4v) is 1.96. The maximum Gasteiger partial charge on any atom is 0.0568 e. The van der Waals surface area contributed by atoms with Crippen LogP contribution in [-0.4, -0.2) is 21.0 Å². The number of aliphatic hydroxyl groups excluding tert-OH is 1. The van der Waals surface area contributed by atoms with Gasteiger partial charge in [-0.1, -0.05) is 37.3 Å². The number of aliphatic hydroxyl groups is 1. The van der Waals surface area contributed by atoms with E-state index >= 15 is 0 Å². The second-order valence-electron chi connectivity index (χ2n) is 4.56. The van der Waals surface area contributed by atoms with Crippen molar-refractivity contribution in [2.24, 2.45) is 0 Å². The number of aromatic nitrogens is 2. The lowest BCUT2D eigenvalue weighted by molar-refractivity contribution is 0.155. The van der Waals surface area contributed by atoms with E-state index in [1.54, 1.807) is 0 Å². The zero-order valence-corrected chi connectivity index (χ0v) is 10.8. The van der Waals surface area contributed by atoms with Crippen LogP contribution in [0.2, 0.25) is 0 Å². The summed E-state index contributed by atoms with van der Waals surface area (Å²) in [6.07, 6.45) is 6.42. The molecule has 2 aromatic rings. The third-order valence-corrected chi connectivity index (χ3v) is 3.14. The number of rotatable bonds is 6. The topological polar surface area (TPSA) is 38.0 Å². The smallest absolute Gasteiger partial charge is 0.0568 e. The molecule has 0 saturated heterocycles. The zero-order valence-electron chi connectivity index (χ0n) is 10.8. The van der Waals surface area contributed by atoms with E-state index < -0.39 is 0 Å².